The molecule has 0 bridgehead atoms. The number of para-hydroxylation sites is 1. The molecular weight excluding hydrogens is 336 g/mol. The topological polar surface area (TPSA) is 93.7 Å². The van der Waals surface area contributed by atoms with Crippen LogP contribution in [0.1, 0.15) is 12.5 Å². The molecule has 0 aliphatic carbocycles. The van der Waals surface area contributed by atoms with Gasteiger partial charge in [0.15, 0.2) is 13.2 Å². The fourth-order valence-corrected chi connectivity index (χ4v) is 2.08. The van der Waals surface area contributed by atoms with Crippen molar-refractivity contribution in [3.63, 3.8) is 0 Å². The average Bonchev–Trinajstić information content (AvgIpc) is 2.60. The van der Waals surface area contributed by atoms with Crippen LogP contribution in [0.3, 0.4) is 0 Å². The van der Waals surface area contributed by atoms with E-state index >= 15 is 0 Å². The number of esters is 1. The molecule has 0 aromatic heterocycles. The molecule has 7 heteroatoms. The third kappa shape index (κ3) is 6.27. The zero-order chi connectivity index (χ0) is 18.9. The van der Waals surface area contributed by atoms with Crippen molar-refractivity contribution in [2.75, 3.05) is 23.8 Å². The molecular formula is C19H20N2O5. The number of amides is 2. The van der Waals surface area contributed by atoms with E-state index in [2.05, 4.69) is 10.6 Å². The molecule has 26 heavy (non-hydrogen) atoms. The number of hydrogen-bond donors (Lipinski definition) is 2. The van der Waals surface area contributed by atoms with E-state index in [4.69, 9.17) is 9.47 Å². The number of aryl methyl sites for hydroxylation is 1. The molecule has 2 rings (SSSR count). The van der Waals surface area contributed by atoms with Gasteiger partial charge in [0, 0.05) is 18.3 Å². The zero-order valence-corrected chi connectivity index (χ0v) is 14.6. The first kappa shape index (κ1) is 19.0. The van der Waals surface area contributed by atoms with Gasteiger partial charge in [-0.3, -0.25) is 9.59 Å². The average molecular weight is 356 g/mol. The van der Waals surface area contributed by atoms with Crippen LogP contribution in [0.2, 0.25) is 0 Å². The van der Waals surface area contributed by atoms with Gasteiger partial charge in [0.1, 0.15) is 5.75 Å². The summed E-state index contributed by atoms with van der Waals surface area (Å²) in [5.41, 5.74) is 2.05. The number of carbonyl (C=O) groups is 3. The van der Waals surface area contributed by atoms with Gasteiger partial charge in [-0.25, -0.2) is 4.79 Å². The van der Waals surface area contributed by atoms with E-state index in [-0.39, 0.29) is 12.5 Å². The fourth-order valence-electron chi connectivity index (χ4n) is 2.08. The molecule has 2 N–H and O–H groups in total. The normalized spacial score (nSPS) is 9.92. The molecule has 0 aliphatic heterocycles. The van der Waals surface area contributed by atoms with Crippen molar-refractivity contribution in [1.29, 1.82) is 0 Å². The molecule has 0 heterocycles. The Hall–Kier alpha value is -3.35. The van der Waals surface area contributed by atoms with E-state index in [0.717, 1.165) is 5.56 Å². The van der Waals surface area contributed by atoms with E-state index in [1.54, 1.807) is 36.4 Å². The molecule has 0 unspecified atom stereocenters. The molecule has 7 nitrogen and oxygen atoms in total. The van der Waals surface area contributed by atoms with Gasteiger partial charge in [-0.1, -0.05) is 18.2 Å². The molecule has 0 atom stereocenters. The van der Waals surface area contributed by atoms with Gasteiger partial charge >= 0.3 is 5.97 Å². The van der Waals surface area contributed by atoms with Crippen molar-refractivity contribution in [3.05, 3.63) is 54.1 Å². The van der Waals surface area contributed by atoms with Crippen LogP contribution in [0.4, 0.5) is 11.4 Å². The predicted molar refractivity (Wildman–Crippen MR) is 97.0 cm³/mol. The molecule has 0 saturated carbocycles. The Bertz CT molecular complexity index is 787. The summed E-state index contributed by atoms with van der Waals surface area (Å²) in [7, 11) is 0. The monoisotopic (exact) mass is 356 g/mol. The number of hydrogen-bond acceptors (Lipinski definition) is 5. The minimum absolute atomic E-state index is 0.179. The standard InChI is InChI=1S/C19H20N2O5/c1-13-5-3-4-6-17(13)25-12-19(24)26-11-18(23)21-16-9-7-15(8-10-16)20-14(2)22/h3-10H,11-12H2,1-2H3,(H,20,22)(H,21,23). The van der Waals surface area contributed by atoms with E-state index < -0.39 is 18.5 Å². The molecule has 0 radical (unpaired) electrons. The Morgan fingerprint density at radius 2 is 1.50 bits per heavy atom. The number of carbonyl (C=O) groups excluding carboxylic acids is 3. The minimum Gasteiger partial charge on any atom is -0.482 e. The Morgan fingerprint density at radius 1 is 0.885 bits per heavy atom. The van der Waals surface area contributed by atoms with Gasteiger partial charge < -0.3 is 20.1 Å². The highest BCUT2D eigenvalue weighted by molar-refractivity contribution is 5.93. The second-order valence-corrected chi connectivity index (χ2v) is 5.52. The quantitative estimate of drug-likeness (QED) is 0.744. The summed E-state index contributed by atoms with van der Waals surface area (Å²) in [5.74, 6) is -0.694. The third-order valence-corrected chi connectivity index (χ3v) is 3.29. The van der Waals surface area contributed by atoms with E-state index in [1.165, 1.54) is 6.92 Å². The summed E-state index contributed by atoms with van der Waals surface area (Å²) in [6, 6.07) is 13.9. The van der Waals surface area contributed by atoms with Crippen LogP contribution >= 0.6 is 0 Å². The molecule has 0 saturated heterocycles. The summed E-state index contributed by atoms with van der Waals surface area (Å²) in [6.07, 6.45) is 0. The first-order valence-electron chi connectivity index (χ1n) is 7.95. The molecule has 0 aliphatic rings. The number of anilines is 2. The Labute approximate surface area is 151 Å². The van der Waals surface area contributed by atoms with E-state index in [9.17, 15) is 14.4 Å². The number of nitrogens with one attached hydrogen (secondary N) is 2. The largest absolute Gasteiger partial charge is 0.482 e. The SMILES string of the molecule is CC(=O)Nc1ccc(NC(=O)COC(=O)COc2ccccc2C)cc1. The summed E-state index contributed by atoms with van der Waals surface area (Å²) in [5, 5.41) is 5.21. The summed E-state index contributed by atoms with van der Waals surface area (Å²) in [4.78, 5) is 34.4. The minimum atomic E-state index is -0.635. The van der Waals surface area contributed by atoms with Crippen LogP contribution in [-0.4, -0.2) is 31.0 Å². The predicted octanol–water partition coefficient (Wildman–Crippen LogP) is 2.51. The Kier molecular flexibility index (Phi) is 6.73. The lowest BCUT2D eigenvalue weighted by Gasteiger charge is -2.09. The van der Waals surface area contributed by atoms with Gasteiger partial charge in [0.25, 0.3) is 5.91 Å². The summed E-state index contributed by atoms with van der Waals surface area (Å²) >= 11 is 0. The maximum Gasteiger partial charge on any atom is 0.344 e. The molecule has 136 valence electrons. The molecule has 2 aromatic carbocycles. The van der Waals surface area contributed by atoms with Crippen LogP contribution in [0.15, 0.2) is 48.5 Å². The van der Waals surface area contributed by atoms with Crippen molar-refractivity contribution >= 4 is 29.2 Å². The van der Waals surface area contributed by atoms with Gasteiger partial charge in [0.2, 0.25) is 5.91 Å². The number of rotatable bonds is 7. The second kappa shape index (κ2) is 9.22. The summed E-state index contributed by atoms with van der Waals surface area (Å²) < 4.78 is 10.2. The van der Waals surface area contributed by atoms with Gasteiger partial charge in [-0.2, -0.15) is 0 Å². The lowest BCUT2D eigenvalue weighted by molar-refractivity contribution is -0.149. The fraction of sp³-hybridized carbons (Fsp3) is 0.211. The van der Waals surface area contributed by atoms with Gasteiger partial charge in [0.05, 0.1) is 0 Å². The van der Waals surface area contributed by atoms with Crippen LogP contribution in [0.5, 0.6) is 5.75 Å². The Balaban J connectivity index is 1.73. The van der Waals surface area contributed by atoms with Gasteiger partial charge in [-0.15, -0.1) is 0 Å². The van der Waals surface area contributed by atoms with Crippen LogP contribution < -0.4 is 15.4 Å². The maximum absolute atomic E-state index is 11.8. The highest BCUT2D eigenvalue weighted by Gasteiger charge is 2.09. The highest BCUT2D eigenvalue weighted by Crippen LogP contribution is 2.16. The van der Waals surface area contributed by atoms with Crippen LogP contribution in [0.25, 0.3) is 0 Å². The maximum atomic E-state index is 11.8. The van der Waals surface area contributed by atoms with Crippen molar-refractivity contribution in [1.82, 2.24) is 0 Å². The lowest BCUT2D eigenvalue weighted by atomic mass is 10.2. The zero-order valence-electron chi connectivity index (χ0n) is 14.6. The van der Waals surface area contributed by atoms with Crippen LogP contribution in [0, 0.1) is 6.92 Å². The molecule has 2 aromatic rings. The van der Waals surface area contributed by atoms with Gasteiger partial charge in [-0.05, 0) is 42.8 Å². The smallest absolute Gasteiger partial charge is 0.344 e. The van der Waals surface area contributed by atoms with E-state index in [0.29, 0.717) is 17.1 Å². The van der Waals surface area contributed by atoms with Crippen molar-refractivity contribution in [2.24, 2.45) is 0 Å². The first-order valence-corrected chi connectivity index (χ1v) is 7.95. The first-order chi connectivity index (χ1) is 12.4. The highest BCUT2D eigenvalue weighted by atomic mass is 16.6. The van der Waals surface area contributed by atoms with Crippen molar-refractivity contribution < 1.29 is 23.9 Å². The Morgan fingerprint density at radius 3 is 2.12 bits per heavy atom. The summed E-state index contributed by atoms with van der Waals surface area (Å²) in [6.45, 7) is 2.59. The second-order valence-electron chi connectivity index (χ2n) is 5.52. The molecule has 0 spiro atoms. The number of ether oxygens (including phenoxy) is 2. The van der Waals surface area contributed by atoms with Crippen LogP contribution in [-0.2, 0) is 19.1 Å². The van der Waals surface area contributed by atoms with E-state index in [1.807, 2.05) is 19.1 Å². The number of benzene rings is 2. The lowest BCUT2D eigenvalue weighted by Crippen LogP contribution is -2.23. The van der Waals surface area contributed by atoms with Crippen molar-refractivity contribution in [3.8, 4) is 5.75 Å². The third-order valence-electron chi connectivity index (χ3n) is 3.29. The van der Waals surface area contributed by atoms with Crippen molar-refractivity contribution in [2.45, 2.75) is 13.8 Å². The molecule has 0 fully saturated rings. The molecule has 2 amide bonds.